The van der Waals surface area contributed by atoms with E-state index in [0.29, 0.717) is 28.3 Å². The van der Waals surface area contributed by atoms with Gasteiger partial charge in [0.15, 0.2) is 0 Å². The molecular weight excluding hydrogens is 1170 g/mol. The molecule has 0 saturated carbocycles. The Morgan fingerprint density at radius 3 is 1.80 bits per heavy atom. The maximum Gasteiger partial charge on any atom is 0.268 e. The molecule has 14 aromatic rings. The van der Waals surface area contributed by atoms with Crippen LogP contribution in [0.25, 0.3) is 122 Å². The Morgan fingerprint density at radius 2 is 1.09 bits per heavy atom. The maximum atomic E-state index is 9.48. The molecule has 0 saturated heterocycles. The van der Waals surface area contributed by atoms with Crippen molar-refractivity contribution in [1.82, 2.24) is 18.7 Å². The predicted molar refractivity (Wildman–Crippen MR) is 327 cm³/mol. The molecule has 0 aliphatic carbocycles. The van der Waals surface area contributed by atoms with Gasteiger partial charge in [-0.05, 0) is 120 Å². The van der Waals surface area contributed by atoms with Gasteiger partial charge >= 0.3 is 0 Å². The van der Waals surface area contributed by atoms with Gasteiger partial charge < -0.3 is 18.4 Å². The van der Waals surface area contributed by atoms with Crippen LogP contribution in [-0.2, 0) is 31.9 Å². The molecule has 81 heavy (non-hydrogen) atoms. The third-order valence-corrected chi connectivity index (χ3v) is 15.9. The van der Waals surface area contributed by atoms with Gasteiger partial charge in [0, 0.05) is 55.1 Å². The van der Waals surface area contributed by atoms with Crippen LogP contribution in [0.2, 0.25) is 0 Å². The monoisotopic (exact) mass is 1230 g/mol. The summed E-state index contributed by atoms with van der Waals surface area (Å²) in [5.74, 6) is 1.80. The van der Waals surface area contributed by atoms with Gasteiger partial charge in [-0.15, -0.1) is 29.7 Å². The summed E-state index contributed by atoms with van der Waals surface area (Å²) in [7, 11) is 0. The molecule has 15 rings (SSSR count). The van der Waals surface area contributed by atoms with Gasteiger partial charge in [-0.3, -0.25) is 4.57 Å². The number of rotatable bonds is 6. The van der Waals surface area contributed by atoms with Crippen molar-refractivity contribution in [3.05, 3.63) is 254 Å². The van der Waals surface area contributed by atoms with Crippen LogP contribution in [0.5, 0.6) is 11.5 Å². The molecule has 1 aliphatic heterocycles. The van der Waals surface area contributed by atoms with Gasteiger partial charge in [0.25, 0.3) is 6.33 Å². The van der Waals surface area contributed by atoms with E-state index in [2.05, 4.69) is 224 Å². The molecule has 0 spiro atoms. The molecular formula is C74H55N5OPt-2. The fourth-order valence-corrected chi connectivity index (χ4v) is 12.1. The molecule has 0 atom stereocenters. The van der Waals surface area contributed by atoms with Gasteiger partial charge in [0.2, 0.25) is 0 Å². The first-order valence-electron chi connectivity index (χ1n) is 29.6. The fourth-order valence-electron chi connectivity index (χ4n) is 12.1. The summed E-state index contributed by atoms with van der Waals surface area (Å²) in [5.41, 5.74) is 15.6. The zero-order chi connectivity index (χ0) is 58.4. The van der Waals surface area contributed by atoms with Crippen molar-refractivity contribution in [1.29, 1.82) is 0 Å². The number of hydrogen-bond acceptors (Lipinski definition) is 2. The van der Waals surface area contributed by atoms with Crippen molar-refractivity contribution in [2.45, 2.75) is 52.4 Å². The van der Waals surface area contributed by atoms with Crippen LogP contribution in [0.1, 0.15) is 59.5 Å². The summed E-state index contributed by atoms with van der Waals surface area (Å²) in [6.07, 6.45) is 5.85. The molecule has 5 heterocycles. The minimum Gasteiger partial charge on any atom is -0.510 e. The first-order chi connectivity index (χ1) is 41.0. The number of hydrogen-bond donors (Lipinski definition) is 0. The number of imidazole rings is 1. The Labute approximate surface area is 493 Å². The molecule has 0 fully saturated rings. The van der Waals surface area contributed by atoms with E-state index >= 15 is 0 Å². The summed E-state index contributed by atoms with van der Waals surface area (Å²) < 4.78 is 61.2. The Bertz CT molecular complexity index is 5080. The summed E-state index contributed by atoms with van der Waals surface area (Å²) >= 11 is 0. The number of nitrogens with zero attached hydrogens (tertiary/aromatic N) is 5. The molecule has 1 aliphatic rings. The third-order valence-electron chi connectivity index (χ3n) is 15.9. The van der Waals surface area contributed by atoms with Gasteiger partial charge in [-0.1, -0.05) is 193 Å². The molecule has 0 unspecified atom stereocenters. The van der Waals surface area contributed by atoms with Crippen molar-refractivity contribution in [2.75, 3.05) is 0 Å². The fraction of sp³-hybridized carbons (Fsp3) is 0.108. The summed E-state index contributed by atoms with van der Waals surface area (Å²) in [6.45, 7) is 13.3. The Morgan fingerprint density at radius 1 is 0.494 bits per heavy atom. The van der Waals surface area contributed by atoms with Crippen molar-refractivity contribution in [2.24, 2.45) is 0 Å². The largest absolute Gasteiger partial charge is 0.510 e. The van der Waals surface area contributed by atoms with Crippen molar-refractivity contribution < 1.29 is 37.2 Å². The molecule has 394 valence electrons. The summed E-state index contributed by atoms with van der Waals surface area (Å²) in [4.78, 5) is 4.91. The van der Waals surface area contributed by atoms with E-state index in [1.165, 1.54) is 5.56 Å². The molecule has 0 N–H and O–H groups in total. The standard InChI is InChI=1S/C74H55N5O.Pt/c1-73(2,3)48-39-40-75-69(43-48)79-65-35-17-14-29-58(65)59-38-37-52(45-67(59)79)80-51-24-18-23-50(44-51)76-46-77-71-61(32-20-36-66(71)78-63-33-15-12-27-56(63)57-28-13-16-34-64(57)78)70-53(47-21-8-7-9-22-47)30-19-31-60(70)54-25-10-11-26-55(54)62-41-49(74(4,5)6)42-68(76)72(62)77;/h7-43H,1-6H3;/q-2;/i7D,8D,9D,21D,22D;. The van der Waals surface area contributed by atoms with E-state index < -0.39 is 18.1 Å². The molecule has 10 aromatic carbocycles. The second-order valence-electron chi connectivity index (χ2n) is 22.8. The smallest absolute Gasteiger partial charge is 0.268 e. The van der Waals surface area contributed by atoms with E-state index in [4.69, 9.17) is 13.8 Å². The Kier molecular flexibility index (Phi) is 10.5. The first-order valence-corrected chi connectivity index (χ1v) is 27.1. The van der Waals surface area contributed by atoms with Crippen LogP contribution >= 0.6 is 0 Å². The Hall–Kier alpha value is -9.09. The second-order valence-corrected chi connectivity index (χ2v) is 22.8. The number of fused-ring (bicyclic) bond motifs is 13. The van der Waals surface area contributed by atoms with Gasteiger partial charge in [0.05, 0.1) is 40.3 Å². The minimum absolute atomic E-state index is 0. The molecule has 0 bridgehead atoms. The number of para-hydroxylation sites is 4. The third kappa shape index (κ3) is 8.10. The average molecular weight is 1230 g/mol. The zero-order valence-electron chi connectivity index (χ0n) is 50.4. The van der Waals surface area contributed by atoms with Crippen LogP contribution < -0.4 is 9.30 Å². The van der Waals surface area contributed by atoms with Gasteiger partial charge in [-0.25, -0.2) is 4.98 Å². The van der Waals surface area contributed by atoms with Crippen LogP contribution in [-0.4, -0.2) is 18.7 Å². The normalized spacial score (nSPS) is 13.1. The Balaban J connectivity index is 0.00000653. The molecule has 0 radical (unpaired) electrons. The second kappa shape index (κ2) is 19.0. The van der Waals surface area contributed by atoms with Gasteiger partial charge in [-0.2, -0.15) is 18.2 Å². The van der Waals surface area contributed by atoms with Crippen molar-refractivity contribution >= 4 is 54.6 Å². The van der Waals surface area contributed by atoms with E-state index in [1.807, 2.05) is 48.7 Å². The van der Waals surface area contributed by atoms with Crippen LogP contribution in [0.15, 0.2) is 224 Å². The zero-order valence-corrected chi connectivity index (χ0v) is 47.7. The SMILES string of the molecule is [2H]c1c([2H])c([2H])c(-c2cccc3c2-c2cccc(-n4c5ccccc5c5ccccc54)c2-[n+]2[c-]n(-c4[c-]c(Oc5[c-]c6c(cc5)c5ccccc5n6-c5cc(C(C)(C)C)ccn5)ccc4)c4cc(C(C)(C)C)cc(c42)-c2ccccc2-3)c([2H])c1[2H].[Pt]. The molecule has 0 amide bonds. The topological polar surface area (TPSA) is 40.8 Å². The molecule has 7 heteroatoms. The minimum atomic E-state index is -0.447. The van der Waals surface area contributed by atoms with Crippen LogP contribution in [0.4, 0.5) is 0 Å². The van der Waals surface area contributed by atoms with Crippen molar-refractivity contribution in [3.8, 4) is 78.9 Å². The molecule has 4 aromatic heterocycles. The first kappa shape index (κ1) is 44.7. The molecule has 6 nitrogen and oxygen atoms in total. The van der Waals surface area contributed by atoms with Crippen LogP contribution in [0.3, 0.4) is 0 Å². The van der Waals surface area contributed by atoms with E-state index in [9.17, 15) is 2.74 Å². The number of benzene rings is 10. The predicted octanol–water partition coefficient (Wildman–Crippen LogP) is 18.3. The number of pyridine rings is 1. The maximum absolute atomic E-state index is 9.48. The number of ether oxygens (including phenoxy) is 1. The summed E-state index contributed by atoms with van der Waals surface area (Å²) in [5, 5.41) is 4.31. The quantitative estimate of drug-likeness (QED) is 0.123. The van der Waals surface area contributed by atoms with Gasteiger partial charge in [0.1, 0.15) is 5.82 Å². The van der Waals surface area contributed by atoms with E-state index in [-0.39, 0.29) is 49.5 Å². The van der Waals surface area contributed by atoms with Crippen LogP contribution in [0, 0.1) is 18.5 Å². The summed E-state index contributed by atoms with van der Waals surface area (Å²) in [6, 6.07) is 70.3. The average Bonchev–Trinajstić information content (AvgIpc) is 1.71. The van der Waals surface area contributed by atoms with E-state index in [1.54, 1.807) is 0 Å². The van der Waals surface area contributed by atoms with E-state index in [0.717, 1.165) is 105 Å². The number of aromatic nitrogens is 5. The van der Waals surface area contributed by atoms with Crippen molar-refractivity contribution in [3.63, 3.8) is 0 Å².